The van der Waals surface area contributed by atoms with Crippen LogP contribution in [0.5, 0.6) is 0 Å². The molecule has 1 aromatic rings. The predicted octanol–water partition coefficient (Wildman–Crippen LogP) is 2.54. The normalized spacial score (nSPS) is 20.7. The van der Waals surface area contributed by atoms with Crippen LogP contribution in [0.2, 0.25) is 0 Å². The zero-order chi connectivity index (χ0) is 12.5. The second-order valence-corrected chi connectivity index (χ2v) is 4.47. The number of amides is 1. The first-order valence-corrected chi connectivity index (χ1v) is 5.94. The monoisotopic (exact) mass is 239 g/mol. The summed E-state index contributed by atoms with van der Waals surface area (Å²) in [5, 5.41) is 0. The molecule has 0 saturated heterocycles. The molecule has 1 heterocycles. The molecule has 18 heavy (non-hydrogen) atoms. The molecule has 1 aliphatic heterocycles. The lowest BCUT2D eigenvalue weighted by atomic mass is 9.93. The van der Waals surface area contributed by atoms with Crippen LogP contribution in [-0.4, -0.2) is 17.8 Å². The maximum absolute atomic E-state index is 11.1. The van der Waals surface area contributed by atoms with Gasteiger partial charge in [0.05, 0.1) is 11.4 Å². The van der Waals surface area contributed by atoms with Gasteiger partial charge in [-0.15, -0.1) is 0 Å². The minimum atomic E-state index is -0.441. The highest BCUT2D eigenvalue weighted by atomic mass is 16.1. The summed E-state index contributed by atoms with van der Waals surface area (Å²) in [6.07, 6.45) is 8.01. The standard InChI is InChI=1S/C14H13N3O/c15-14(18)9-5-6-12-13(7-9)16-8-10-3-1-2-4-11(10)17-12/h1-2,5-8,10H,3-4H2,(H2,15,18). The molecule has 0 spiro atoms. The lowest BCUT2D eigenvalue weighted by Crippen LogP contribution is -2.16. The number of carbonyl (C=O) groups excluding carboxylic acids is 1. The number of primary amides is 1. The smallest absolute Gasteiger partial charge is 0.248 e. The Hall–Kier alpha value is -2.23. The van der Waals surface area contributed by atoms with Crippen LogP contribution in [0, 0.1) is 5.92 Å². The average molecular weight is 239 g/mol. The number of benzene rings is 1. The van der Waals surface area contributed by atoms with Crippen LogP contribution in [0.3, 0.4) is 0 Å². The Morgan fingerprint density at radius 3 is 3.00 bits per heavy atom. The van der Waals surface area contributed by atoms with Crippen LogP contribution in [0.25, 0.3) is 0 Å². The lowest BCUT2D eigenvalue weighted by molar-refractivity contribution is 0.100. The molecule has 1 aliphatic carbocycles. The van der Waals surface area contributed by atoms with E-state index in [9.17, 15) is 4.79 Å². The van der Waals surface area contributed by atoms with Gasteiger partial charge in [0.2, 0.25) is 5.91 Å². The largest absolute Gasteiger partial charge is 0.366 e. The van der Waals surface area contributed by atoms with Crippen LogP contribution in [0.1, 0.15) is 23.2 Å². The fourth-order valence-electron chi connectivity index (χ4n) is 2.21. The molecule has 0 bridgehead atoms. The highest BCUT2D eigenvalue weighted by molar-refractivity contribution is 6.04. The second-order valence-electron chi connectivity index (χ2n) is 4.47. The number of nitrogens with two attached hydrogens (primary N) is 1. The predicted molar refractivity (Wildman–Crippen MR) is 72.1 cm³/mol. The van der Waals surface area contributed by atoms with Gasteiger partial charge in [0.25, 0.3) is 0 Å². The Labute approximate surface area is 105 Å². The summed E-state index contributed by atoms with van der Waals surface area (Å²) in [5.41, 5.74) is 8.39. The van der Waals surface area contributed by atoms with Crippen molar-refractivity contribution in [2.75, 3.05) is 0 Å². The third-order valence-electron chi connectivity index (χ3n) is 3.23. The number of hydrogen-bond acceptors (Lipinski definition) is 3. The topological polar surface area (TPSA) is 67.8 Å². The molecule has 4 nitrogen and oxygen atoms in total. The lowest BCUT2D eigenvalue weighted by Gasteiger charge is -2.14. The number of allylic oxidation sites excluding steroid dienone is 2. The van der Waals surface area contributed by atoms with Crippen molar-refractivity contribution < 1.29 is 4.79 Å². The van der Waals surface area contributed by atoms with E-state index >= 15 is 0 Å². The average Bonchev–Trinajstić information content (AvgIpc) is 2.56. The van der Waals surface area contributed by atoms with Crippen molar-refractivity contribution in [2.24, 2.45) is 21.6 Å². The molecule has 2 N–H and O–H groups in total. The summed E-state index contributed by atoms with van der Waals surface area (Å²) in [5.74, 6) is -0.164. The van der Waals surface area contributed by atoms with Crippen LogP contribution < -0.4 is 5.73 Å². The van der Waals surface area contributed by atoms with E-state index in [1.165, 1.54) is 0 Å². The van der Waals surface area contributed by atoms with Crippen molar-refractivity contribution in [2.45, 2.75) is 12.8 Å². The Kier molecular flexibility index (Phi) is 2.55. The molecule has 90 valence electrons. The van der Waals surface area contributed by atoms with Crippen LogP contribution in [0.4, 0.5) is 11.4 Å². The highest BCUT2D eigenvalue weighted by Crippen LogP contribution is 2.33. The van der Waals surface area contributed by atoms with Gasteiger partial charge in [0.1, 0.15) is 0 Å². The summed E-state index contributed by atoms with van der Waals surface area (Å²) in [6.45, 7) is 0. The van der Waals surface area contributed by atoms with E-state index in [1.807, 2.05) is 6.21 Å². The van der Waals surface area contributed by atoms with Crippen molar-refractivity contribution in [3.05, 3.63) is 35.9 Å². The number of aliphatic imine (C=N–C) groups is 2. The molecule has 0 fully saturated rings. The number of hydrogen-bond donors (Lipinski definition) is 1. The molecule has 1 amide bonds. The van der Waals surface area contributed by atoms with Gasteiger partial charge in [0, 0.05) is 29.8 Å². The molecular weight excluding hydrogens is 226 g/mol. The quantitative estimate of drug-likeness (QED) is 0.752. The van der Waals surface area contributed by atoms with Gasteiger partial charge in [-0.05, 0) is 24.6 Å². The SMILES string of the molecule is NC(=O)c1ccc2c(c1)N=CC1CC=CCC1=N2. The molecule has 0 radical (unpaired) electrons. The minimum absolute atomic E-state index is 0.277. The van der Waals surface area contributed by atoms with E-state index in [0.29, 0.717) is 11.3 Å². The van der Waals surface area contributed by atoms with Crippen molar-refractivity contribution in [3.63, 3.8) is 0 Å². The summed E-state index contributed by atoms with van der Waals surface area (Å²) in [6, 6.07) is 5.20. The minimum Gasteiger partial charge on any atom is -0.366 e. The van der Waals surface area contributed by atoms with Gasteiger partial charge in [-0.25, -0.2) is 0 Å². The van der Waals surface area contributed by atoms with Crippen molar-refractivity contribution in [1.82, 2.24) is 0 Å². The second kappa shape index (κ2) is 4.22. The van der Waals surface area contributed by atoms with Gasteiger partial charge in [-0.1, -0.05) is 12.2 Å². The molecule has 4 heteroatoms. The fourth-order valence-corrected chi connectivity index (χ4v) is 2.21. The van der Waals surface area contributed by atoms with E-state index in [2.05, 4.69) is 22.1 Å². The molecule has 0 aromatic heterocycles. The van der Waals surface area contributed by atoms with Gasteiger partial charge in [-0.2, -0.15) is 0 Å². The maximum Gasteiger partial charge on any atom is 0.248 e. The Morgan fingerprint density at radius 1 is 1.28 bits per heavy atom. The first-order chi connectivity index (χ1) is 8.74. The summed E-state index contributed by atoms with van der Waals surface area (Å²) >= 11 is 0. The Bertz CT molecular complexity index is 599. The van der Waals surface area contributed by atoms with E-state index in [1.54, 1.807) is 18.2 Å². The molecule has 1 atom stereocenters. The molecular formula is C14H13N3O. The summed E-state index contributed by atoms with van der Waals surface area (Å²) in [4.78, 5) is 20.2. The van der Waals surface area contributed by atoms with E-state index in [-0.39, 0.29) is 5.92 Å². The van der Waals surface area contributed by atoms with Gasteiger partial charge >= 0.3 is 0 Å². The van der Waals surface area contributed by atoms with Gasteiger partial charge < -0.3 is 5.73 Å². The number of fused-ring (bicyclic) bond motifs is 2. The third kappa shape index (κ3) is 1.86. The summed E-state index contributed by atoms with van der Waals surface area (Å²) in [7, 11) is 0. The number of nitrogens with zero attached hydrogens (tertiary/aromatic N) is 2. The first-order valence-electron chi connectivity index (χ1n) is 5.94. The van der Waals surface area contributed by atoms with Crippen LogP contribution >= 0.6 is 0 Å². The summed E-state index contributed by atoms with van der Waals surface area (Å²) < 4.78 is 0. The van der Waals surface area contributed by atoms with E-state index in [4.69, 9.17) is 5.73 Å². The van der Waals surface area contributed by atoms with Crippen LogP contribution in [-0.2, 0) is 0 Å². The van der Waals surface area contributed by atoms with Crippen LogP contribution in [0.15, 0.2) is 40.3 Å². The number of carbonyl (C=O) groups is 1. The first kappa shape index (κ1) is 10.9. The fraction of sp³-hybridized carbons (Fsp3) is 0.214. The zero-order valence-electron chi connectivity index (χ0n) is 9.84. The van der Waals surface area contributed by atoms with Crippen molar-refractivity contribution in [3.8, 4) is 0 Å². The Morgan fingerprint density at radius 2 is 2.17 bits per heavy atom. The van der Waals surface area contributed by atoms with Crippen molar-refractivity contribution >= 4 is 29.2 Å². The van der Waals surface area contributed by atoms with E-state index in [0.717, 1.165) is 24.2 Å². The molecule has 3 rings (SSSR count). The number of rotatable bonds is 1. The molecule has 2 aliphatic rings. The highest BCUT2D eigenvalue weighted by Gasteiger charge is 2.19. The molecule has 1 aromatic carbocycles. The van der Waals surface area contributed by atoms with Gasteiger partial charge in [0.15, 0.2) is 0 Å². The molecule has 0 saturated carbocycles. The van der Waals surface area contributed by atoms with Gasteiger partial charge in [-0.3, -0.25) is 14.8 Å². The third-order valence-corrected chi connectivity index (χ3v) is 3.23. The zero-order valence-corrected chi connectivity index (χ0v) is 9.84. The van der Waals surface area contributed by atoms with E-state index < -0.39 is 5.91 Å². The Balaban J connectivity index is 2.08. The molecule has 1 unspecified atom stereocenters. The maximum atomic E-state index is 11.1. The van der Waals surface area contributed by atoms with Crippen molar-refractivity contribution in [1.29, 1.82) is 0 Å².